The van der Waals surface area contributed by atoms with Crippen LogP contribution in [0.2, 0.25) is 0 Å². The molecule has 0 radical (unpaired) electrons. The van der Waals surface area contributed by atoms with Crippen LogP contribution < -0.4 is 11.1 Å². The molecule has 0 saturated carbocycles. The van der Waals surface area contributed by atoms with Gasteiger partial charge < -0.3 is 16.2 Å². The average Bonchev–Trinajstić information content (AvgIpc) is 2.34. The van der Waals surface area contributed by atoms with E-state index in [1.807, 2.05) is 12.1 Å². The Labute approximate surface area is 110 Å². The third-order valence-corrected chi connectivity index (χ3v) is 2.90. The van der Waals surface area contributed by atoms with Gasteiger partial charge in [-0.05, 0) is 43.0 Å². The zero-order chi connectivity index (χ0) is 13.4. The van der Waals surface area contributed by atoms with Crippen LogP contribution >= 0.6 is 0 Å². The monoisotopic (exact) mass is 250 g/mol. The number of aliphatic hydroxyl groups excluding tert-OH is 1. The third kappa shape index (κ3) is 5.63. The van der Waals surface area contributed by atoms with Gasteiger partial charge in [-0.3, -0.25) is 0 Å². The summed E-state index contributed by atoms with van der Waals surface area (Å²) in [6.45, 7) is 6.56. The zero-order valence-corrected chi connectivity index (χ0v) is 11.5. The average molecular weight is 250 g/mol. The van der Waals surface area contributed by atoms with E-state index in [-0.39, 0.29) is 0 Å². The van der Waals surface area contributed by atoms with Gasteiger partial charge >= 0.3 is 0 Å². The Morgan fingerprint density at radius 2 is 1.89 bits per heavy atom. The lowest BCUT2D eigenvalue weighted by atomic mass is 10.0. The molecule has 0 aliphatic heterocycles. The molecular formula is C15H26N2O. The van der Waals surface area contributed by atoms with Gasteiger partial charge in [-0.1, -0.05) is 38.1 Å². The van der Waals surface area contributed by atoms with Crippen molar-refractivity contribution in [3.63, 3.8) is 0 Å². The number of nitrogens with one attached hydrogen (secondary N) is 1. The van der Waals surface area contributed by atoms with Crippen LogP contribution in [0.5, 0.6) is 0 Å². The van der Waals surface area contributed by atoms with Gasteiger partial charge in [-0.25, -0.2) is 0 Å². The smallest absolute Gasteiger partial charge is 0.0914 e. The summed E-state index contributed by atoms with van der Waals surface area (Å²) in [5.41, 5.74) is 7.72. The molecule has 0 amide bonds. The van der Waals surface area contributed by atoms with Gasteiger partial charge in [0.15, 0.2) is 0 Å². The minimum absolute atomic E-state index is 0.434. The van der Waals surface area contributed by atoms with E-state index in [2.05, 4.69) is 31.3 Å². The van der Waals surface area contributed by atoms with Crippen LogP contribution in [0.25, 0.3) is 0 Å². The summed E-state index contributed by atoms with van der Waals surface area (Å²) in [7, 11) is 0. The molecule has 1 aromatic rings. The van der Waals surface area contributed by atoms with Crippen molar-refractivity contribution in [3.05, 3.63) is 35.4 Å². The number of hydrogen-bond donors (Lipinski definition) is 3. The quantitative estimate of drug-likeness (QED) is 0.617. The highest BCUT2D eigenvalue weighted by Gasteiger charge is 2.06. The maximum atomic E-state index is 10.00. The number of nitrogens with two attached hydrogens (primary N) is 1. The molecule has 0 fully saturated rings. The Morgan fingerprint density at radius 3 is 2.44 bits per heavy atom. The molecule has 1 rings (SSSR count). The van der Waals surface area contributed by atoms with Crippen LogP contribution in [-0.4, -0.2) is 24.7 Å². The van der Waals surface area contributed by atoms with Crippen LogP contribution in [0.4, 0.5) is 0 Å². The number of benzene rings is 1. The van der Waals surface area contributed by atoms with E-state index in [1.54, 1.807) is 0 Å². The minimum Gasteiger partial charge on any atom is -0.387 e. The SMILES string of the molecule is CC(C)Cc1ccc(C(O)CNCCCN)cc1. The fraction of sp³-hybridized carbons (Fsp3) is 0.600. The maximum absolute atomic E-state index is 10.00. The summed E-state index contributed by atoms with van der Waals surface area (Å²) in [5, 5.41) is 13.2. The molecule has 0 heterocycles. The molecule has 4 N–H and O–H groups in total. The minimum atomic E-state index is -0.434. The Kier molecular flexibility index (Phi) is 6.94. The molecule has 0 aliphatic carbocycles. The van der Waals surface area contributed by atoms with E-state index in [4.69, 9.17) is 5.73 Å². The second kappa shape index (κ2) is 8.25. The largest absolute Gasteiger partial charge is 0.387 e. The third-order valence-electron chi connectivity index (χ3n) is 2.90. The Morgan fingerprint density at radius 1 is 1.22 bits per heavy atom. The highest BCUT2D eigenvalue weighted by molar-refractivity contribution is 5.24. The molecule has 0 aliphatic rings. The lowest BCUT2D eigenvalue weighted by Crippen LogP contribution is -2.24. The fourth-order valence-corrected chi connectivity index (χ4v) is 1.93. The standard InChI is InChI=1S/C15H26N2O/c1-12(2)10-13-4-6-14(7-5-13)15(18)11-17-9-3-8-16/h4-7,12,15,17-18H,3,8-11,16H2,1-2H3. The van der Waals surface area contributed by atoms with Crippen molar-refractivity contribution in [2.24, 2.45) is 11.7 Å². The molecular weight excluding hydrogens is 224 g/mol. The van der Waals surface area contributed by atoms with Crippen molar-refractivity contribution >= 4 is 0 Å². The fourth-order valence-electron chi connectivity index (χ4n) is 1.93. The van der Waals surface area contributed by atoms with Gasteiger partial charge in [0.05, 0.1) is 6.10 Å². The zero-order valence-electron chi connectivity index (χ0n) is 11.5. The van der Waals surface area contributed by atoms with Crippen LogP contribution in [0.15, 0.2) is 24.3 Å². The van der Waals surface area contributed by atoms with E-state index in [0.29, 0.717) is 19.0 Å². The molecule has 0 saturated heterocycles. The highest BCUT2D eigenvalue weighted by Crippen LogP contribution is 2.15. The molecule has 1 aromatic carbocycles. The molecule has 102 valence electrons. The number of aliphatic hydroxyl groups is 1. The topological polar surface area (TPSA) is 58.3 Å². The van der Waals surface area contributed by atoms with Crippen LogP contribution in [0, 0.1) is 5.92 Å². The second-order valence-corrected chi connectivity index (χ2v) is 5.20. The lowest BCUT2D eigenvalue weighted by Gasteiger charge is -2.13. The van der Waals surface area contributed by atoms with Gasteiger partial charge in [-0.2, -0.15) is 0 Å². The number of hydrogen-bond acceptors (Lipinski definition) is 3. The molecule has 0 bridgehead atoms. The molecule has 18 heavy (non-hydrogen) atoms. The number of rotatable bonds is 8. The summed E-state index contributed by atoms with van der Waals surface area (Å²) >= 11 is 0. The molecule has 3 heteroatoms. The van der Waals surface area contributed by atoms with E-state index in [9.17, 15) is 5.11 Å². The first-order chi connectivity index (χ1) is 8.63. The van der Waals surface area contributed by atoms with E-state index >= 15 is 0 Å². The second-order valence-electron chi connectivity index (χ2n) is 5.20. The summed E-state index contributed by atoms with van der Waals surface area (Å²) < 4.78 is 0. The first-order valence-electron chi connectivity index (χ1n) is 6.81. The summed E-state index contributed by atoms with van der Waals surface area (Å²) in [5.74, 6) is 0.665. The van der Waals surface area contributed by atoms with Gasteiger partial charge in [0, 0.05) is 6.54 Å². The summed E-state index contributed by atoms with van der Waals surface area (Å²) in [6, 6.07) is 8.26. The Balaban J connectivity index is 2.41. The first-order valence-corrected chi connectivity index (χ1v) is 6.81. The lowest BCUT2D eigenvalue weighted by molar-refractivity contribution is 0.175. The van der Waals surface area contributed by atoms with Crippen molar-refractivity contribution in [1.29, 1.82) is 0 Å². The Bertz CT molecular complexity index is 322. The highest BCUT2D eigenvalue weighted by atomic mass is 16.3. The normalized spacial score (nSPS) is 12.9. The van der Waals surface area contributed by atoms with E-state index < -0.39 is 6.10 Å². The van der Waals surface area contributed by atoms with Crippen LogP contribution in [-0.2, 0) is 6.42 Å². The van der Waals surface area contributed by atoms with E-state index in [0.717, 1.165) is 24.9 Å². The van der Waals surface area contributed by atoms with Crippen molar-refractivity contribution < 1.29 is 5.11 Å². The predicted octanol–water partition coefficient (Wildman–Crippen LogP) is 1.86. The Hall–Kier alpha value is -0.900. The molecule has 1 unspecified atom stereocenters. The predicted molar refractivity (Wildman–Crippen MR) is 76.5 cm³/mol. The van der Waals surface area contributed by atoms with Crippen LogP contribution in [0.3, 0.4) is 0 Å². The van der Waals surface area contributed by atoms with Crippen molar-refractivity contribution in [1.82, 2.24) is 5.32 Å². The van der Waals surface area contributed by atoms with Crippen molar-refractivity contribution in [2.45, 2.75) is 32.8 Å². The van der Waals surface area contributed by atoms with Crippen molar-refractivity contribution in [2.75, 3.05) is 19.6 Å². The van der Waals surface area contributed by atoms with Gasteiger partial charge in [-0.15, -0.1) is 0 Å². The van der Waals surface area contributed by atoms with E-state index in [1.165, 1.54) is 5.56 Å². The van der Waals surface area contributed by atoms with Crippen molar-refractivity contribution in [3.8, 4) is 0 Å². The molecule has 3 nitrogen and oxygen atoms in total. The molecule has 0 spiro atoms. The first kappa shape index (κ1) is 15.2. The summed E-state index contributed by atoms with van der Waals surface area (Å²) in [6.07, 6.45) is 1.60. The van der Waals surface area contributed by atoms with Crippen LogP contribution in [0.1, 0.15) is 37.5 Å². The maximum Gasteiger partial charge on any atom is 0.0914 e. The summed E-state index contributed by atoms with van der Waals surface area (Å²) in [4.78, 5) is 0. The molecule has 1 atom stereocenters. The molecule has 0 aromatic heterocycles. The van der Waals surface area contributed by atoms with Gasteiger partial charge in [0.1, 0.15) is 0 Å². The van der Waals surface area contributed by atoms with Gasteiger partial charge in [0.25, 0.3) is 0 Å². The van der Waals surface area contributed by atoms with Gasteiger partial charge in [0.2, 0.25) is 0 Å².